The Morgan fingerprint density at radius 2 is 1.73 bits per heavy atom. The molecule has 0 amide bonds. The Kier molecular flexibility index (Phi) is 3.18. The van der Waals surface area contributed by atoms with Gasteiger partial charge in [-0.2, -0.15) is 0 Å². The van der Waals surface area contributed by atoms with Crippen molar-refractivity contribution in [3.05, 3.63) is 11.6 Å². The second kappa shape index (κ2) is 4.60. The first-order chi connectivity index (χ1) is 10.3. The zero-order chi connectivity index (χ0) is 15.8. The standard InChI is InChI=1S/C20H32O2/c1-18-9-6-14(21)12-13(18)4-5-15-16(18)7-10-19(2)17(15)8-11-20(19,3)22/h4,14-17,21-22H,5-12H2,1-3H3/t14-,15?,16?,17?,18-,19-,20+/m0/s1. The van der Waals surface area contributed by atoms with Gasteiger partial charge in [0.25, 0.3) is 0 Å². The second-order valence-corrected chi connectivity index (χ2v) is 9.42. The Morgan fingerprint density at radius 3 is 2.50 bits per heavy atom. The lowest BCUT2D eigenvalue weighted by Crippen LogP contribution is -2.53. The van der Waals surface area contributed by atoms with Crippen LogP contribution in [0.1, 0.15) is 72.1 Å². The number of rotatable bonds is 0. The van der Waals surface area contributed by atoms with Crippen molar-refractivity contribution in [2.24, 2.45) is 28.6 Å². The molecule has 0 bridgehead atoms. The van der Waals surface area contributed by atoms with Crippen molar-refractivity contribution in [3.63, 3.8) is 0 Å². The van der Waals surface area contributed by atoms with E-state index >= 15 is 0 Å². The third kappa shape index (κ3) is 1.80. The number of aliphatic hydroxyl groups is 2. The highest BCUT2D eigenvalue weighted by Gasteiger charge is 2.61. The normalized spacial score (nSPS) is 57.6. The van der Waals surface area contributed by atoms with Gasteiger partial charge in [-0.3, -0.25) is 0 Å². The number of aliphatic hydroxyl groups excluding tert-OH is 1. The Morgan fingerprint density at radius 1 is 1.00 bits per heavy atom. The van der Waals surface area contributed by atoms with Crippen LogP contribution in [0, 0.1) is 28.6 Å². The van der Waals surface area contributed by atoms with Gasteiger partial charge in [-0.05, 0) is 86.9 Å². The fourth-order valence-electron chi connectivity index (χ4n) is 6.89. The van der Waals surface area contributed by atoms with Gasteiger partial charge in [0.2, 0.25) is 0 Å². The van der Waals surface area contributed by atoms with Crippen LogP contribution in [0.4, 0.5) is 0 Å². The highest BCUT2D eigenvalue weighted by atomic mass is 16.3. The molecule has 0 aromatic heterocycles. The van der Waals surface area contributed by atoms with E-state index in [0.29, 0.717) is 11.3 Å². The van der Waals surface area contributed by atoms with Crippen LogP contribution < -0.4 is 0 Å². The molecule has 4 rings (SSSR count). The number of hydrogen-bond donors (Lipinski definition) is 2. The van der Waals surface area contributed by atoms with Gasteiger partial charge in [0.15, 0.2) is 0 Å². The molecule has 2 nitrogen and oxygen atoms in total. The summed E-state index contributed by atoms with van der Waals surface area (Å²) in [5.41, 5.74) is 1.50. The SMILES string of the molecule is C[C@]12CC[C@H](O)CC1=CCC1C2CC[C@@]2(C)C1CC[C@@]2(C)O. The molecule has 3 saturated carbocycles. The molecule has 22 heavy (non-hydrogen) atoms. The van der Waals surface area contributed by atoms with Crippen molar-refractivity contribution in [3.8, 4) is 0 Å². The fourth-order valence-corrected chi connectivity index (χ4v) is 6.89. The van der Waals surface area contributed by atoms with E-state index in [2.05, 4.69) is 26.8 Å². The molecule has 2 N–H and O–H groups in total. The molecule has 0 aromatic rings. The van der Waals surface area contributed by atoms with E-state index in [1.165, 1.54) is 25.7 Å². The predicted molar refractivity (Wildman–Crippen MR) is 88.3 cm³/mol. The minimum Gasteiger partial charge on any atom is -0.393 e. The minimum atomic E-state index is -0.476. The average molecular weight is 304 g/mol. The molecule has 0 aromatic carbocycles. The monoisotopic (exact) mass is 304 g/mol. The van der Waals surface area contributed by atoms with Crippen molar-refractivity contribution in [1.29, 1.82) is 0 Å². The Labute approximate surface area is 135 Å². The van der Waals surface area contributed by atoms with Crippen molar-refractivity contribution < 1.29 is 10.2 Å². The van der Waals surface area contributed by atoms with Gasteiger partial charge in [-0.25, -0.2) is 0 Å². The van der Waals surface area contributed by atoms with E-state index in [4.69, 9.17) is 0 Å². The lowest BCUT2D eigenvalue weighted by atomic mass is 9.47. The molecule has 0 saturated heterocycles. The summed E-state index contributed by atoms with van der Waals surface area (Å²) in [6, 6.07) is 0. The van der Waals surface area contributed by atoms with Gasteiger partial charge in [-0.1, -0.05) is 25.5 Å². The lowest BCUT2D eigenvalue weighted by molar-refractivity contribution is -0.115. The molecule has 124 valence electrons. The minimum absolute atomic E-state index is 0.114. The van der Waals surface area contributed by atoms with E-state index in [0.717, 1.165) is 37.5 Å². The summed E-state index contributed by atoms with van der Waals surface area (Å²) in [6.07, 6.45) is 11.2. The third-order valence-electron chi connectivity index (χ3n) is 8.64. The van der Waals surface area contributed by atoms with Crippen LogP contribution in [0.5, 0.6) is 0 Å². The highest BCUT2D eigenvalue weighted by Crippen LogP contribution is 2.66. The van der Waals surface area contributed by atoms with Gasteiger partial charge in [0, 0.05) is 0 Å². The van der Waals surface area contributed by atoms with Crippen LogP contribution in [0.3, 0.4) is 0 Å². The van der Waals surface area contributed by atoms with Gasteiger partial charge in [0.1, 0.15) is 0 Å². The van der Waals surface area contributed by atoms with Gasteiger partial charge >= 0.3 is 0 Å². The molecule has 7 atom stereocenters. The van der Waals surface area contributed by atoms with E-state index in [1.54, 1.807) is 5.57 Å². The molecule has 3 unspecified atom stereocenters. The van der Waals surface area contributed by atoms with E-state index in [1.807, 2.05) is 0 Å². The van der Waals surface area contributed by atoms with Crippen LogP contribution in [-0.4, -0.2) is 21.9 Å². The summed E-state index contributed by atoms with van der Waals surface area (Å²) < 4.78 is 0. The number of allylic oxidation sites excluding steroid dienone is 1. The second-order valence-electron chi connectivity index (χ2n) is 9.42. The maximum absolute atomic E-state index is 10.9. The number of hydrogen-bond acceptors (Lipinski definition) is 2. The molecular weight excluding hydrogens is 272 g/mol. The summed E-state index contributed by atoms with van der Waals surface area (Å²) in [6.45, 7) is 6.90. The van der Waals surface area contributed by atoms with E-state index in [9.17, 15) is 10.2 Å². The van der Waals surface area contributed by atoms with Crippen molar-refractivity contribution in [1.82, 2.24) is 0 Å². The molecule has 2 heteroatoms. The van der Waals surface area contributed by atoms with Crippen LogP contribution in [0.25, 0.3) is 0 Å². The zero-order valence-corrected chi connectivity index (χ0v) is 14.4. The summed E-state index contributed by atoms with van der Waals surface area (Å²) in [7, 11) is 0. The molecule has 0 aliphatic heterocycles. The maximum Gasteiger partial charge on any atom is 0.0675 e. The summed E-state index contributed by atoms with van der Waals surface area (Å²) in [4.78, 5) is 0. The van der Waals surface area contributed by atoms with Crippen molar-refractivity contribution in [2.45, 2.75) is 83.8 Å². The summed E-state index contributed by atoms with van der Waals surface area (Å²) in [5, 5.41) is 21.0. The van der Waals surface area contributed by atoms with E-state index < -0.39 is 5.60 Å². The van der Waals surface area contributed by atoms with Crippen molar-refractivity contribution >= 4 is 0 Å². The first-order valence-electron chi connectivity index (χ1n) is 9.38. The molecule has 0 spiro atoms. The molecule has 0 heterocycles. The third-order valence-corrected chi connectivity index (χ3v) is 8.64. The first-order valence-corrected chi connectivity index (χ1v) is 9.38. The summed E-state index contributed by atoms with van der Waals surface area (Å²) >= 11 is 0. The topological polar surface area (TPSA) is 40.5 Å². The first kappa shape index (κ1) is 15.2. The van der Waals surface area contributed by atoms with Crippen LogP contribution in [0.15, 0.2) is 11.6 Å². The summed E-state index contributed by atoms with van der Waals surface area (Å²) in [5.74, 6) is 2.20. The smallest absolute Gasteiger partial charge is 0.0675 e. The highest BCUT2D eigenvalue weighted by molar-refractivity contribution is 5.26. The Balaban J connectivity index is 1.69. The van der Waals surface area contributed by atoms with Gasteiger partial charge in [-0.15, -0.1) is 0 Å². The molecule has 0 radical (unpaired) electrons. The Hall–Kier alpha value is -0.340. The number of fused-ring (bicyclic) bond motifs is 5. The molecule has 4 aliphatic carbocycles. The van der Waals surface area contributed by atoms with E-state index in [-0.39, 0.29) is 11.5 Å². The predicted octanol–water partition coefficient (Wildman–Crippen LogP) is 4.06. The average Bonchev–Trinajstić information content (AvgIpc) is 2.70. The van der Waals surface area contributed by atoms with Gasteiger partial charge in [0.05, 0.1) is 11.7 Å². The van der Waals surface area contributed by atoms with Crippen LogP contribution in [-0.2, 0) is 0 Å². The zero-order valence-electron chi connectivity index (χ0n) is 14.4. The maximum atomic E-state index is 10.9. The quantitative estimate of drug-likeness (QED) is 0.663. The van der Waals surface area contributed by atoms with Crippen molar-refractivity contribution in [2.75, 3.05) is 0 Å². The lowest BCUT2D eigenvalue weighted by Gasteiger charge is -2.58. The Bertz CT molecular complexity index is 508. The molecular formula is C20H32O2. The molecule has 4 aliphatic rings. The fraction of sp³-hybridized carbons (Fsp3) is 0.900. The molecule has 3 fully saturated rings. The largest absolute Gasteiger partial charge is 0.393 e. The van der Waals surface area contributed by atoms with Crippen LogP contribution in [0.2, 0.25) is 0 Å². The van der Waals surface area contributed by atoms with Crippen LogP contribution >= 0.6 is 0 Å². The van der Waals surface area contributed by atoms with Gasteiger partial charge < -0.3 is 10.2 Å².